The Morgan fingerprint density at radius 1 is 1.30 bits per heavy atom. The fourth-order valence-electron chi connectivity index (χ4n) is 2.57. The molecule has 0 aliphatic rings. The van der Waals surface area contributed by atoms with E-state index in [4.69, 9.17) is 16.3 Å². The molecule has 0 saturated heterocycles. The number of rotatable bonds is 6. The van der Waals surface area contributed by atoms with Crippen molar-refractivity contribution in [2.45, 2.75) is 26.9 Å². The van der Waals surface area contributed by atoms with Gasteiger partial charge in [0.25, 0.3) is 0 Å². The normalized spacial score (nSPS) is 10.7. The third kappa shape index (κ3) is 5.49. The van der Waals surface area contributed by atoms with Crippen molar-refractivity contribution in [3.05, 3.63) is 43.8 Å². The largest absolute Gasteiger partial charge is 0.415 e. The fraction of sp³-hybridized carbons (Fsp3) is 0.333. The van der Waals surface area contributed by atoms with Gasteiger partial charge in [0.1, 0.15) is 5.69 Å². The Labute approximate surface area is 186 Å². The first-order valence-corrected chi connectivity index (χ1v) is 11.0. The van der Waals surface area contributed by atoms with Crippen molar-refractivity contribution < 1.29 is 14.3 Å². The van der Waals surface area contributed by atoms with Crippen molar-refractivity contribution in [3.63, 3.8) is 0 Å². The van der Waals surface area contributed by atoms with Crippen LogP contribution in [0.4, 0.5) is 14.7 Å². The second kappa shape index (κ2) is 9.45. The number of nitrogens with one attached hydrogen (secondary N) is 2. The van der Waals surface area contributed by atoms with Crippen LogP contribution in [0, 0.1) is 13.8 Å². The Bertz CT molecular complexity index is 1060. The Morgan fingerprint density at radius 2 is 2.07 bits per heavy atom. The van der Waals surface area contributed by atoms with Crippen molar-refractivity contribution in [2.24, 2.45) is 7.05 Å². The first-order valence-electron chi connectivity index (χ1n) is 8.88. The predicted molar refractivity (Wildman–Crippen MR) is 117 cm³/mol. The Hall–Kier alpha value is -2.63. The molecule has 0 aromatic carbocycles. The lowest BCUT2D eigenvalue weighted by atomic mass is 10.3. The SMILES string of the molecule is Cc1nn(C)c(C)c1OC(=O)N(C)Cc1csc(NC(=O)NCc2csc(Cl)c2)n1. The maximum Gasteiger partial charge on any atom is 0.415 e. The number of thiophene rings is 1. The zero-order valence-corrected chi connectivity index (χ0v) is 19.2. The second-order valence-corrected chi connectivity index (χ2v) is 8.96. The molecule has 0 spiro atoms. The minimum absolute atomic E-state index is 0.240. The number of carbonyl (C=O) groups excluding carboxylic acids is 2. The van der Waals surface area contributed by atoms with Crippen LogP contribution in [-0.4, -0.2) is 38.8 Å². The molecule has 0 unspecified atom stereocenters. The maximum absolute atomic E-state index is 12.4. The summed E-state index contributed by atoms with van der Waals surface area (Å²) in [5, 5.41) is 13.7. The molecule has 2 N–H and O–H groups in total. The molecular formula is C18H21ClN6O3S2. The molecule has 12 heteroatoms. The summed E-state index contributed by atoms with van der Waals surface area (Å²) >= 11 is 8.56. The van der Waals surface area contributed by atoms with Crippen LogP contribution < -0.4 is 15.4 Å². The molecule has 160 valence electrons. The van der Waals surface area contributed by atoms with Crippen molar-refractivity contribution in [1.82, 2.24) is 25.0 Å². The molecule has 0 aliphatic heterocycles. The summed E-state index contributed by atoms with van der Waals surface area (Å²) in [6.07, 6.45) is -0.510. The van der Waals surface area contributed by atoms with E-state index in [1.54, 1.807) is 37.1 Å². The summed E-state index contributed by atoms with van der Waals surface area (Å²) in [7, 11) is 3.41. The average molecular weight is 469 g/mol. The second-order valence-electron chi connectivity index (χ2n) is 6.56. The summed E-state index contributed by atoms with van der Waals surface area (Å²) in [5.41, 5.74) is 2.98. The molecule has 30 heavy (non-hydrogen) atoms. The van der Waals surface area contributed by atoms with Gasteiger partial charge in [0.05, 0.1) is 22.3 Å². The number of aryl methyl sites for hydroxylation is 2. The highest BCUT2D eigenvalue weighted by atomic mass is 35.5. The number of anilines is 1. The summed E-state index contributed by atoms with van der Waals surface area (Å²) in [6, 6.07) is 1.44. The fourth-order valence-corrected chi connectivity index (χ4v) is 4.18. The highest BCUT2D eigenvalue weighted by Gasteiger charge is 2.19. The third-order valence-electron chi connectivity index (χ3n) is 4.19. The number of amides is 3. The van der Waals surface area contributed by atoms with Crippen LogP contribution in [0.2, 0.25) is 4.34 Å². The molecule has 0 bridgehead atoms. The number of nitrogens with zero attached hydrogens (tertiary/aromatic N) is 4. The Balaban J connectivity index is 1.50. The average Bonchev–Trinajstić information content (AvgIpc) is 3.37. The molecule has 3 heterocycles. The van der Waals surface area contributed by atoms with Crippen molar-refractivity contribution in [1.29, 1.82) is 0 Å². The van der Waals surface area contributed by atoms with Gasteiger partial charge in [-0.3, -0.25) is 10.00 Å². The molecule has 9 nitrogen and oxygen atoms in total. The number of halogens is 1. The van der Waals surface area contributed by atoms with E-state index in [2.05, 4.69) is 20.7 Å². The van der Waals surface area contributed by atoms with Crippen molar-refractivity contribution >= 4 is 51.5 Å². The monoisotopic (exact) mass is 468 g/mol. The van der Waals surface area contributed by atoms with Gasteiger partial charge in [0, 0.05) is 26.0 Å². The molecule has 0 fully saturated rings. The molecule has 0 saturated carbocycles. The van der Waals surface area contributed by atoms with Gasteiger partial charge in [-0.05, 0) is 30.9 Å². The zero-order valence-electron chi connectivity index (χ0n) is 16.9. The van der Waals surface area contributed by atoms with Crippen LogP contribution in [0.3, 0.4) is 0 Å². The molecule has 3 amide bonds. The van der Waals surface area contributed by atoms with Crippen molar-refractivity contribution in [2.75, 3.05) is 12.4 Å². The van der Waals surface area contributed by atoms with Crippen LogP contribution in [0.25, 0.3) is 0 Å². The van der Waals surface area contributed by atoms with Gasteiger partial charge in [-0.25, -0.2) is 14.6 Å². The third-order valence-corrected chi connectivity index (χ3v) is 6.14. The van der Waals surface area contributed by atoms with E-state index in [-0.39, 0.29) is 12.6 Å². The molecule has 3 rings (SSSR count). The van der Waals surface area contributed by atoms with Crippen LogP contribution in [-0.2, 0) is 20.1 Å². The summed E-state index contributed by atoms with van der Waals surface area (Å²) in [4.78, 5) is 30.2. The molecule has 0 atom stereocenters. The standard InChI is InChI=1S/C18H21ClN6O3S2/c1-10-15(11(2)25(4)23-10)28-18(27)24(3)7-13-9-30-17(21-13)22-16(26)20-6-12-5-14(19)29-8-12/h5,8-9H,6-7H2,1-4H3,(H2,20,21,22,26). The summed E-state index contributed by atoms with van der Waals surface area (Å²) in [5.74, 6) is 0.457. The van der Waals surface area contributed by atoms with Crippen LogP contribution in [0.5, 0.6) is 5.75 Å². The van der Waals surface area contributed by atoms with Gasteiger partial charge in [0.15, 0.2) is 10.9 Å². The molecule has 0 radical (unpaired) electrons. The van der Waals surface area contributed by atoms with Gasteiger partial charge in [0.2, 0.25) is 0 Å². The van der Waals surface area contributed by atoms with Gasteiger partial charge in [-0.15, -0.1) is 22.7 Å². The van der Waals surface area contributed by atoms with Crippen LogP contribution in [0.1, 0.15) is 22.6 Å². The van der Waals surface area contributed by atoms with E-state index in [1.165, 1.54) is 27.6 Å². The minimum Gasteiger partial charge on any atom is -0.406 e. The van der Waals surface area contributed by atoms with E-state index in [0.717, 1.165) is 11.3 Å². The maximum atomic E-state index is 12.4. The quantitative estimate of drug-likeness (QED) is 0.565. The van der Waals surface area contributed by atoms with E-state index < -0.39 is 6.09 Å². The van der Waals surface area contributed by atoms with Gasteiger partial charge >= 0.3 is 12.1 Å². The lowest BCUT2D eigenvalue weighted by Gasteiger charge is -2.15. The number of hydrogen-bond acceptors (Lipinski definition) is 7. The van der Waals surface area contributed by atoms with E-state index >= 15 is 0 Å². The Kier molecular flexibility index (Phi) is 6.95. The lowest BCUT2D eigenvalue weighted by molar-refractivity contribution is 0.159. The molecule has 0 aliphatic carbocycles. The van der Waals surface area contributed by atoms with Gasteiger partial charge in [-0.2, -0.15) is 5.10 Å². The number of ether oxygens (including phenoxy) is 1. The highest BCUT2D eigenvalue weighted by Crippen LogP contribution is 2.23. The first kappa shape index (κ1) is 22.1. The molecule has 3 aromatic rings. The Morgan fingerprint density at radius 3 is 2.70 bits per heavy atom. The van der Waals surface area contributed by atoms with Crippen LogP contribution >= 0.6 is 34.3 Å². The topological polar surface area (TPSA) is 101 Å². The number of aromatic nitrogens is 3. The van der Waals surface area contributed by atoms with Crippen LogP contribution in [0.15, 0.2) is 16.8 Å². The molecular weight excluding hydrogens is 448 g/mol. The smallest absolute Gasteiger partial charge is 0.406 e. The van der Waals surface area contributed by atoms with E-state index in [0.29, 0.717) is 33.2 Å². The minimum atomic E-state index is -0.510. The molecule has 3 aromatic heterocycles. The first-order chi connectivity index (χ1) is 14.2. The highest BCUT2D eigenvalue weighted by molar-refractivity contribution is 7.14. The van der Waals surface area contributed by atoms with Gasteiger partial charge in [-0.1, -0.05) is 11.6 Å². The van der Waals surface area contributed by atoms with E-state index in [1.807, 2.05) is 12.3 Å². The number of thiazole rings is 1. The summed E-state index contributed by atoms with van der Waals surface area (Å²) in [6.45, 7) is 4.23. The van der Waals surface area contributed by atoms with Gasteiger partial charge < -0.3 is 15.0 Å². The summed E-state index contributed by atoms with van der Waals surface area (Å²) < 4.78 is 7.80. The number of urea groups is 1. The zero-order chi connectivity index (χ0) is 21.8. The number of hydrogen-bond donors (Lipinski definition) is 2. The van der Waals surface area contributed by atoms with Crippen molar-refractivity contribution in [3.8, 4) is 5.75 Å². The van der Waals surface area contributed by atoms with E-state index in [9.17, 15) is 9.59 Å². The number of carbonyl (C=O) groups is 2. The predicted octanol–water partition coefficient (Wildman–Crippen LogP) is 4.16. The lowest BCUT2D eigenvalue weighted by Crippen LogP contribution is -2.30.